The van der Waals surface area contributed by atoms with Crippen LogP contribution in [0.5, 0.6) is 0 Å². The van der Waals surface area contributed by atoms with Crippen LogP contribution in [0.2, 0.25) is 0 Å². The lowest BCUT2D eigenvalue weighted by Gasteiger charge is -2.07. The Labute approximate surface area is 104 Å². The summed E-state index contributed by atoms with van der Waals surface area (Å²) in [5.41, 5.74) is 0.426. The summed E-state index contributed by atoms with van der Waals surface area (Å²) in [4.78, 5) is 16.1. The molecule has 0 spiro atoms. The molecule has 7 heteroatoms. The fourth-order valence-electron chi connectivity index (χ4n) is 1.41. The van der Waals surface area contributed by atoms with Gasteiger partial charge >= 0.3 is 6.01 Å². The highest BCUT2D eigenvalue weighted by Gasteiger charge is 2.14. The fourth-order valence-corrected chi connectivity index (χ4v) is 1.41. The highest BCUT2D eigenvalue weighted by Crippen LogP contribution is 2.13. The maximum absolute atomic E-state index is 12.0. The number of carbonyl (C=O) groups excluding carboxylic acids is 1. The van der Waals surface area contributed by atoms with Crippen LogP contribution in [0.25, 0.3) is 0 Å². The zero-order valence-electron chi connectivity index (χ0n) is 10.1. The Morgan fingerprint density at radius 2 is 2.28 bits per heavy atom. The molecule has 0 fully saturated rings. The average molecular weight is 247 g/mol. The molecular formula is C11H13N5O2. The Bertz CT molecular complexity index is 552. The molecule has 7 nitrogen and oxygen atoms in total. The molecule has 2 aromatic rings. The van der Waals surface area contributed by atoms with Crippen LogP contribution in [0.3, 0.4) is 0 Å². The molecule has 0 aliphatic rings. The van der Waals surface area contributed by atoms with E-state index in [-0.39, 0.29) is 11.9 Å². The summed E-state index contributed by atoms with van der Waals surface area (Å²) < 4.78 is 5.08. The van der Waals surface area contributed by atoms with Crippen LogP contribution in [-0.2, 0) is 0 Å². The van der Waals surface area contributed by atoms with Crippen LogP contribution in [-0.4, -0.2) is 27.6 Å². The van der Waals surface area contributed by atoms with E-state index in [9.17, 15) is 4.79 Å². The molecule has 0 aliphatic heterocycles. The maximum Gasteiger partial charge on any atom is 0.322 e. The van der Waals surface area contributed by atoms with Gasteiger partial charge in [0.25, 0.3) is 5.91 Å². The van der Waals surface area contributed by atoms with E-state index in [1.807, 2.05) is 6.92 Å². The van der Waals surface area contributed by atoms with Gasteiger partial charge in [-0.25, -0.2) is 4.98 Å². The minimum Gasteiger partial charge on any atom is -0.408 e. The topological polar surface area (TPSA) is 92.9 Å². The molecule has 94 valence electrons. The number of hydrogen-bond donors (Lipinski definition) is 2. The molecule has 2 N–H and O–H groups in total. The zero-order valence-corrected chi connectivity index (χ0v) is 10.1. The predicted octanol–water partition coefficient (Wildman–Crippen LogP) is 1.46. The Hall–Kier alpha value is -2.44. The van der Waals surface area contributed by atoms with E-state index in [1.165, 1.54) is 0 Å². The molecule has 0 aromatic carbocycles. The summed E-state index contributed by atoms with van der Waals surface area (Å²) in [7, 11) is 0. The first-order chi connectivity index (χ1) is 8.70. The van der Waals surface area contributed by atoms with Gasteiger partial charge in [0.1, 0.15) is 5.82 Å². The fraction of sp³-hybridized carbons (Fsp3) is 0.273. The van der Waals surface area contributed by atoms with Crippen molar-refractivity contribution in [3.05, 3.63) is 29.8 Å². The third-order valence-electron chi connectivity index (χ3n) is 2.14. The number of nitrogens with zero attached hydrogens (tertiary/aromatic N) is 3. The van der Waals surface area contributed by atoms with Crippen molar-refractivity contribution < 1.29 is 9.21 Å². The number of aryl methyl sites for hydroxylation is 1. The minimum absolute atomic E-state index is 0.0730. The second-order valence-electron chi connectivity index (χ2n) is 3.51. The highest BCUT2D eigenvalue weighted by atomic mass is 16.4. The lowest BCUT2D eigenvalue weighted by Crippen LogP contribution is -2.15. The number of carbonyl (C=O) groups is 1. The normalized spacial score (nSPS) is 10.1. The first kappa shape index (κ1) is 12.0. The van der Waals surface area contributed by atoms with Gasteiger partial charge in [0.2, 0.25) is 5.89 Å². The number of nitrogens with one attached hydrogen (secondary N) is 2. The summed E-state index contributed by atoms with van der Waals surface area (Å²) in [6, 6.07) is 3.43. The van der Waals surface area contributed by atoms with E-state index in [0.29, 0.717) is 23.8 Å². The van der Waals surface area contributed by atoms with Crippen LogP contribution < -0.4 is 10.6 Å². The summed E-state index contributed by atoms with van der Waals surface area (Å²) in [5.74, 6) is 0.569. The first-order valence-electron chi connectivity index (χ1n) is 5.51. The molecule has 0 aliphatic carbocycles. The van der Waals surface area contributed by atoms with Gasteiger partial charge in [0.15, 0.2) is 0 Å². The Morgan fingerprint density at radius 3 is 2.94 bits per heavy atom. The molecule has 1 amide bonds. The van der Waals surface area contributed by atoms with Gasteiger partial charge in [-0.2, -0.15) is 0 Å². The van der Waals surface area contributed by atoms with E-state index in [1.54, 1.807) is 25.3 Å². The van der Waals surface area contributed by atoms with Crippen LogP contribution in [0, 0.1) is 6.92 Å². The smallest absolute Gasteiger partial charge is 0.322 e. The van der Waals surface area contributed by atoms with Crippen LogP contribution >= 0.6 is 0 Å². The Balaban J connectivity index is 2.18. The number of rotatable bonds is 4. The highest BCUT2D eigenvalue weighted by molar-refractivity contribution is 6.06. The van der Waals surface area contributed by atoms with Gasteiger partial charge in [0.05, 0.1) is 5.56 Å². The summed E-state index contributed by atoms with van der Waals surface area (Å²) in [6.45, 7) is 4.26. The van der Waals surface area contributed by atoms with Gasteiger partial charge in [-0.05, 0) is 19.1 Å². The Morgan fingerprint density at radius 1 is 1.44 bits per heavy atom. The van der Waals surface area contributed by atoms with Crippen molar-refractivity contribution in [2.75, 3.05) is 17.2 Å². The van der Waals surface area contributed by atoms with Crippen LogP contribution in [0.1, 0.15) is 23.2 Å². The van der Waals surface area contributed by atoms with Crippen molar-refractivity contribution in [1.82, 2.24) is 15.2 Å². The van der Waals surface area contributed by atoms with Crippen molar-refractivity contribution in [2.24, 2.45) is 0 Å². The zero-order chi connectivity index (χ0) is 13.0. The van der Waals surface area contributed by atoms with E-state index in [0.717, 1.165) is 0 Å². The van der Waals surface area contributed by atoms with E-state index in [4.69, 9.17) is 4.42 Å². The van der Waals surface area contributed by atoms with Crippen molar-refractivity contribution in [1.29, 1.82) is 0 Å². The number of pyridine rings is 1. The molecule has 2 rings (SSSR count). The monoisotopic (exact) mass is 247 g/mol. The molecular weight excluding hydrogens is 234 g/mol. The number of aromatic nitrogens is 3. The molecule has 0 bridgehead atoms. The van der Waals surface area contributed by atoms with E-state index in [2.05, 4.69) is 25.8 Å². The minimum atomic E-state index is -0.345. The quantitative estimate of drug-likeness (QED) is 0.849. The van der Waals surface area contributed by atoms with Gasteiger partial charge in [-0.1, -0.05) is 5.10 Å². The van der Waals surface area contributed by atoms with Crippen molar-refractivity contribution in [3.63, 3.8) is 0 Å². The van der Waals surface area contributed by atoms with Crippen LogP contribution in [0.4, 0.5) is 11.8 Å². The largest absolute Gasteiger partial charge is 0.408 e. The van der Waals surface area contributed by atoms with E-state index < -0.39 is 0 Å². The van der Waals surface area contributed by atoms with Crippen molar-refractivity contribution in [3.8, 4) is 0 Å². The third-order valence-corrected chi connectivity index (χ3v) is 2.14. The lowest BCUT2D eigenvalue weighted by atomic mass is 10.2. The molecule has 0 radical (unpaired) electrons. The van der Waals surface area contributed by atoms with Gasteiger partial charge in [-0.3, -0.25) is 10.1 Å². The van der Waals surface area contributed by atoms with E-state index >= 15 is 0 Å². The van der Waals surface area contributed by atoms with Gasteiger partial charge < -0.3 is 9.73 Å². The molecule has 0 saturated carbocycles. The maximum atomic E-state index is 12.0. The molecule has 2 aromatic heterocycles. The second kappa shape index (κ2) is 5.26. The molecule has 18 heavy (non-hydrogen) atoms. The number of anilines is 2. The summed E-state index contributed by atoms with van der Waals surface area (Å²) in [5, 5.41) is 12.9. The van der Waals surface area contributed by atoms with Crippen LogP contribution in [0.15, 0.2) is 22.7 Å². The first-order valence-corrected chi connectivity index (χ1v) is 5.51. The SMILES string of the molecule is CCNc1ncccc1C(=O)Nc1nnc(C)o1. The summed E-state index contributed by atoms with van der Waals surface area (Å²) >= 11 is 0. The number of amides is 1. The molecule has 0 unspecified atom stereocenters. The second-order valence-corrected chi connectivity index (χ2v) is 3.51. The lowest BCUT2D eigenvalue weighted by molar-refractivity contribution is 0.102. The van der Waals surface area contributed by atoms with Gasteiger partial charge in [-0.15, -0.1) is 5.10 Å². The Kier molecular flexibility index (Phi) is 3.52. The van der Waals surface area contributed by atoms with Gasteiger partial charge in [0, 0.05) is 19.7 Å². The predicted molar refractivity (Wildman–Crippen MR) is 65.4 cm³/mol. The van der Waals surface area contributed by atoms with Crippen molar-refractivity contribution >= 4 is 17.7 Å². The molecule has 2 heterocycles. The standard InChI is InChI=1S/C11H13N5O2/c1-3-12-9-8(5-4-6-13-9)10(17)14-11-16-15-7(2)18-11/h4-6H,3H2,1-2H3,(H,12,13)(H,14,16,17). The summed E-state index contributed by atoms with van der Waals surface area (Å²) in [6.07, 6.45) is 1.62. The average Bonchev–Trinajstić information content (AvgIpc) is 2.76. The molecule has 0 saturated heterocycles. The molecule has 0 atom stereocenters. The van der Waals surface area contributed by atoms with Crippen molar-refractivity contribution in [2.45, 2.75) is 13.8 Å². The number of hydrogen-bond acceptors (Lipinski definition) is 6. The third kappa shape index (κ3) is 2.62.